The Morgan fingerprint density at radius 3 is 2.76 bits per heavy atom. The molecule has 1 aliphatic rings. The topological polar surface area (TPSA) is 76.3 Å². The number of benzene rings is 1. The molecule has 0 fully saturated rings. The van der Waals surface area contributed by atoms with Gasteiger partial charge in [-0.3, -0.25) is 19.9 Å². The van der Waals surface area contributed by atoms with Crippen LogP contribution in [0.25, 0.3) is 11.1 Å². The molecule has 0 saturated heterocycles. The number of anilines is 1. The molecular weight excluding hydrogens is 270 g/mol. The van der Waals surface area contributed by atoms with Gasteiger partial charge in [0.25, 0.3) is 5.69 Å². The Morgan fingerprint density at radius 2 is 2.10 bits per heavy atom. The number of fused-ring (bicyclic) bond motifs is 1. The van der Waals surface area contributed by atoms with Crippen LogP contribution in [-0.4, -0.2) is 22.9 Å². The highest BCUT2D eigenvalue weighted by molar-refractivity contribution is 5.99. The number of nitro benzene ring substituents is 1. The average Bonchev–Trinajstić information content (AvgIpc) is 2.50. The van der Waals surface area contributed by atoms with E-state index in [4.69, 9.17) is 0 Å². The zero-order chi connectivity index (χ0) is 15.0. The lowest BCUT2D eigenvalue weighted by atomic mass is 9.95. The molecular formula is C15H13N3O3. The minimum absolute atomic E-state index is 0.0399. The van der Waals surface area contributed by atoms with Crippen LogP contribution in [0.3, 0.4) is 0 Å². The number of nitrogens with zero attached hydrogens (tertiary/aromatic N) is 3. The van der Waals surface area contributed by atoms with Gasteiger partial charge in [0.1, 0.15) is 5.69 Å². The molecule has 0 saturated carbocycles. The van der Waals surface area contributed by atoms with E-state index in [1.54, 1.807) is 25.5 Å². The molecule has 0 unspecified atom stereocenters. The van der Waals surface area contributed by atoms with Gasteiger partial charge >= 0.3 is 0 Å². The van der Waals surface area contributed by atoms with Gasteiger partial charge in [0.05, 0.1) is 4.92 Å². The fraction of sp³-hybridized carbons (Fsp3) is 0.200. The summed E-state index contributed by atoms with van der Waals surface area (Å²) < 4.78 is 0. The highest BCUT2D eigenvalue weighted by atomic mass is 16.6. The third-order valence-corrected chi connectivity index (χ3v) is 3.68. The number of hydrogen-bond donors (Lipinski definition) is 0. The molecule has 1 aromatic carbocycles. The molecule has 0 atom stereocenters. The highest BCUT2D eigenvalue weighted by Gasteiger charge is 2.29. The molecule has 1 amide bonds. The average molecular weight is 283 g/mol. The zero-order valence-electron chi connectivity index (χ0n) is 11.4. The van der Waals surface area contributed by atoms with Crippen LogP contribution in [0.15, 0.2) is 36.7 Å². The first-order chi connectivity index (χ1) is 10.1. The summed E-state index contributed by atoms with van der Waals surface area (Å²) in [7, 11) is 1.58. The standard InChI is InChI=1S/C15H13N3O3/c1-17-14(19)5-4-10-7-12(11-3-2-6-16-9-11)8-13(15(10)17)18(20)21/h2-3,6-9H,4-5H2,1H3. The second-order valence-corrected chi connectivity index (χ2v) is 4.95. The summed E-state index contributed by atoms with van der Waals surface area (Å²) in [6.45, 7) is 0. The molecule has 21 heavy (non-hydrogen) atoms. The van der Waals surface area contributed by atoms with Crippen molar-refractivity contribution < 1.29 is 9.72 Å². The Morgan fingerprint density at radius 1 is 1.29 bits per heavy atom. The van der Waals surface area contributed by atoms with E-state index in [1.165, 1.54) is 11.0 Å². The van der Waals surface area contributed by atoms with Crippen molar-refractivity contribution >= 4 is 17.3 Å². The van der Waals surface area contributed by atoms with Crippen LogP contribution in [0, 0.1) is 10.1 Å². The van der Waals surface area contributed by atoms with Crippen LogP contribution < -0.4 is 4.90 Å². The fourth-order valence-corrected chi connectivity index (χ4v) is 2.63. The number of rotatable bonds is 2. The second kappa shape index (κ2) is 4.97. The summed E-state index contributed by atoms with van der Waals surface area (Å²) in [6.07, 6.45) is 4.22. The van der Waals surface area contributed by atoms with E-state index in [2.05, 4.69) is 4.98 Å². The number of amides is 1. The Kier molecular flexibility index (Phi) is 3.13. The molecule has 0 bridgehead atoms. The first-order valence-corrected chi connectivity index (χ1v) is 6.56. The van der Waals surface area contributed by atoms with Gasteiger partial charge in [0, 0.05) is 37.5 Å². The zero-order valence-corrected chi connectivity index (χ0v) is 11.4. The largest absolute Gasteiger partial charge is 0.309 e. The van der Waals surface area contributed by atoms with Gasteiger partial charge in [0.2, 0.25) is 5.91 Å². The second-order valence-electron chi connectivity index (χ2n) is 4.95. The Hall–Kier alpha value is -2.76. The first kappa shape index (κ1) is 13.2. The van der Waals surface area contributed by atoms with Crippen molar-refractivity contribution in [2.45, 2.75) is 12.8 Å². The lowest BCUT2D eigenvalue weighted by Crippen LogP contribution is -2.31. The summed E-state index contributed by atoms with van der Waals surface area (Å²) in [4.78, 5) is 28.1. The van der Waals surface area contributed by atoms with Gasteiger partial charge in [0.15, 0.2) is 0 Å². The number of aryl methyl sites for hydroxylation is 1. The van der Waals surface area contributed by atoms with Crippen molar-refractivity contribution in [2.24, 2.45) is 0 Å². The molecule has 1 aliphatic heterocycles. The van der Waals surface area contributed by atoms with E-state index in [0.717, 1.165) is 16.7 Å². The van der Waals surface area contributed by atoms with E-state index in [1.807, 2.05) is 12.1 Å². The van der Waals surface area contributed by atoms with Crippen molar-refractivity contribution in [1.29, 1.82) is 0 Å². The SMILES string of the molecule is CN1C(=O)CCc2cc(-c3cccnc3)cc([N+](=O)[O-])c21. The number of carbonyl (C=O) groups is 1. The Labute approximate surface area is 121 Å². The lowest BCUT2D eigenvalue weighted by molar-refractivity contribution is -0.384. The molecule has 2 heterocycles. The van der Waals surface area contributed by atoms with Gasteiger partial charge in [-0.15, -0.1) is 0 Å². The summed E-state index contributed by atoms with van der Waals surface area (Å²) in [5.74, 6) is -0.0975. The van der Waals surface area contributed by atoms with Gasteiger partial charge in [-0.1, -0.05) is 6.07 Å². The van der Waals surface area contributed by atoms with E-state index in [9.17, 15) is 14.9 Å². The van der Waals surface area contributed by atoms with Crippen LogP contribution in [0.5, 0.6) is 0 Å². The molecule has 0 aliphatic carbocycles. The highest BCUT2D eigenvalue weighted by Crippen LogP contribution is 2.39. The van der Waals surface area contributed by atoms with Crippen molar-refractivity contribution in [1.82, 2.24) is 4.98 Å². The van der Waals surface area contributed by atoms with Crippen LogP contribution in [0.4, 0.5) is 11.4 Å². The molecule has 1 aromatic heterocycles. The molecule has 2 aromatic rings. The van der Waals surface area contributed by atoms with E-state index in [0.29, 0.717) is 18.5 Å². The molecule has 0 N–H and O–H groups in total. The quantitative estimate of drug-likeness (QED) is 0.627. The molecule has 0 spiro atoms. The van der Waals surface area contributed by atoms with Crippen LogP contribution in [-0.2, 0) is 11.2 Å². The third kappa shape index (κ3) is 2.24. The predicted octanol–water partition coefficient (Wildman–Crippen LogP) is 2.57. The summed E-state index contributed by atoms with van der Waals surface area (Å²) in [5, 5.41) is 11.4. The smallest absolute Gasteiger partial charge is 0.293 e. The monoisotopic (exact) mass is 283 g/mol. The molecule has 0 radical (unpaired) electrons. The normalized spacial score (nSPS) is 14.0. The third-order valence-electron chi connectivity index (χ3n) is 3.68. The minimum Gasteiger partial charge on any atom is -0.309 e. The number of pyridine rings is 1. The van der Waals surface area contributed by atoms with Crippen LogP contribution >= 0.6 is 0 Å². The minimum atomic E-state index is -0.437. The number of hydrogen-bond acceptors (Lipinski definition) is 4. The van der Waals surface area contributed by atoms with E-state index < -0.39 is 4.92 Å². The maximum atomic E-state index is 11.8. The molecule has 3 rings (SSSR count). The van der Waals surface area contributed by atoms with Crippen molar-refractivity contribution in [3.05, 3.63) is 52.3 Å². The van der Waals surface area contributed by atoms with Gasteiger partial charge < -0.3 is 4.90 Å². The van der Waals surface area contributed by atoms with Gasteiger partial charge in [-0.25, -0.2) is 0 Å². The van der Waals surface area contributed by atoms with E-state index in [-0.39, 0.29) is 11.6 Å². The Balaban J connectivity index is 2.22. The molecule has 106 valence electrons. The van der Waals surface area contributed by atoms with Crippen LogP contribution in [0.1, 0.15) is 12.0 Å². The summed E-state index contributed by atoms with van der Waals surface area (Å²) in [6, 6.07) is 7.06. The number of nitro groups is 1. The number of carbonyl (C=O) groups excluding carboxylic acids is 1. The first-order valence-electron chi connectivity index (χ1n) is 6.56. The maximum Gasteiger partial charge on any atom is 0.293 e. The fourth-order valence-electron chi connectivity index (χ4n) is 2.63. The molecule has 6 nitrogen and oxygen atoms in total. The van der Waals surface area contributed by atoms with Crippen molar-refractivity contribution in [2.75, 3.05) is 11.9 Å². The van der Waals surface area contributed by atoms with Gasteiger partial charge in [-0.2, -0.15) is 0 Å². The summed E-state index contributed by atoms with van der Waals surface area (Å²) >= 11 is 0. The van der Waals surface area contributed by atoms with Crippen molar-refractivity contribution in [3.8, 4) is 11.1 Å². The van der Waals surface area contributed by atoms with E-state index >= 15 is 0 Å². The van der Waals surface area contributed by atoms with Gasteiger partial charge in [-0.05, 0) is 29.7 Å². The maximum absolute atomic E-state index is 11.8. The molecule has 6 heteroatoms. The lowest BCUT2D eigenvalue weighted by Gasteiger charge is -2.25. The van der Waals surface area contributed by atoms with Crippen molar-refractivity contribution in [3.63, 3.8) is 0 Å². The number of aromatic nitrogens is 1. The summed E-state index contributed by atoms with van der Waals surface area (Å²) in [5.41, 5.74) is 2.76. The predicted molar refractivity (Wildman–Crippen MR) is 78.1 cm³/mol. The Bertz CT molecular complexity index is 728. The van der Waals surface area contributed by atoms with Crippen LogP contribution in [0.2, 0.25) is 0 Å².